The zero-order valence-corrected chi connectivity index (χ0v) is 8.40. The zero-order chi connectivity index (χ0) is 9.52. The Hall–Kier alpha value is -0.690. The van der Waals surface area contributed by atoms with Gasteiger partial charge in [-0.05, 0) is 12.0 Å². The molecule has 13 heavy (non-hydrogen) atoms. The van der Waals surface area contributed by atoms with Crippen LogP contribution < -0.4 is 5.09 Å². The van der Waals surface area contributed by atoms with Crippen LogP contribution in [0.3, 0.4) is 0 Å². The van der Waals surface area contributed by atoms with Crippen LogP contribution in [0, 0.1) is 0 Å². The number of hydrogen-bond acceptors (Lipinski definition) is 2. The molecule has 0 aliphatic carbocycles. The van der Waals surface area contributed by atoms with Crippen LogP contribution in [0.15, 0.2) is 43.0 Å². The normalized spacial score (nSPS) is 13.3. The Morgan fingerprint density at radius 1 is 1.46 bits per heavy atom. The maximum Gasteiger partial charge on any atom is 0.0830 e. The summed E-state index contributed by atoms with van der Waals surface area (Å²) in [5.41, 5.74) is 1.18. The first-order chi connectivity index (χ1) is 6.38. The van der Waals surface area contributed by atoms with Crippen LogP contribution in [0.1, 0.15) is 18.0 Å². The van der Waals surface area contributed by atoms with Gasteiger partial charge in [0.1, 0.15) is 0 Å². The summed E-state index contributed by atoms with van der Waals surface area (Å²) in [6.45, 7) is 3.69. The minimum absolute atomic E-state index is 0.182. The highest BCUT2D eigenvalue weighted by Gasteiger charge is 2.06. The molecule has 0 aliphatic heterocycles. The summed E-state index contributed by atoms with van der Waals surface area (Å²) in [4.78, 5) is 8.81. The van der Waals surface area contributed by atoms with Crippen molar-refractivity contribution >= 4 is 8.96 Å². The average Bonchev–Trinajstić information content (AvgIpc) is 2.19. The van der Waals surface area contributed by atoms with Crippen LogP contribution in [-0.2, 0) is 0 Å². The van der Waals surface area contributed by atoms with Gasteiger partial charge in [-0.1, -0.05) is 36.4 Å². The highest BCUT2D eigenvalue weighted by molar-refractivity contribution is 7.28. The summed E-state index contributed by atoms with van der Waals surface area (Å²) < 4.78 is 0. The van der Waals surface area contributed by atoms with Crippen molar-refractivity contribution in [1.82, 2.24) is 5.09 Å². The third-order valence-electron chi connectivity index (χ3n) is 1.84. The van der Waals surface area contributed by atoms with Gasteiger partial charge in [0.15, 0.2) is 0 Å². The first-order valence-corrected chi connectivity index (χ1v) is 5.13. The average molecular weight is 195 g/mol. The Balaban J connectivity index is 2.69. The summed E-state index contributed by atoms with van der Waals surface area (Å²) in [5, 5.41) is 3.01. The Morgan fingerprint density at radius 3 is 2.69 bits per heavy atom. The molecular weight excluding hydrogens is 181 g/mol. The van der Waals surface area contributed by atoms with Gasteiger partial charge in [0.2, 0.25) is 0 Å². The van der Waals surface area contributed by atoms with E-state index in [1.54, 1.807) is 0 Å². The number of nitrogens with one attached hydrogen (secondary N) is 1. The van der Waals surface area contributed by atoms with Crippen molar-refractivity contribution in [2.24, 2.45) is 0 Å². The van der Waals surface area contributed by atoms with Gasteiger partial charge < -0.3 is 4.89 Å². The standard InChI is InChI=1S/C10H14NOP/c1-2-6-10(11-13-12)9-7-4-3-5-8-9/h2-5,7-8,10-13H,1,6H2/t10-/m1/s1. The van der Waals surface area contributed by atoms with Gasteiger partial charge in [-0.25, -0.2) is 0 Å². The van der Waals surface area contributed by atoms with Gasteiger partial charge in [-0.3, -0.25) is 5.09 Å². The maximum absolute atomic E-state index is 8.81. The minimum Gasteiger partial charge on any atom is -0.361 e. The van der Waals surface area contributed by atoms with E-state index in [0.29, 0.717) is 0 Å². The van der Waals surface area contributed by atoms with Crippen LogP contribution in [0.2, 0.25) is 0 Å². The molecule has 0 radical (unpaired) electrons. The van der Waals surface area contributed by atoms with Crippen LogP contribution in [0.5, 0.6) is 0 Å². The molecule has 0 heterocycles. The molecule has 0 aliphatic rings. The molecule has 0 saturated heterocycles. The molecule has 2 N–H and O–H groups in total. The SMILES string of the molecule is C=CC[C@@H](NPO)c1ccccc1. The molecule has 1 aromatic rings. The van der Waals surface area contributed by atoms with Crippen molar-refractivity contribution in [1.29, 1.82) is 0 Å². The lowest BCUT2D eigenvalue weighted by Gasteiger charge is -2.15. The quantitative estimate of drug-likeness (QED) is 0.558. The van der Waals surface area contributed by atoms with E-state index in [-0.39, 0.29) is 15.0 Å². The first-order valence-electron chi connectivity index (χ1n) is 4.19. The van der Waals surface area contributed by atoms with E-state index >= 15 is 0 Å². The van der Waals surface area contributed by atoms with Gasteiger partial charge in [0.05, 0.1) is 8.96 Å². The van der Waals surface area contributed by atoms with Crippen LogP contribution >= 0.6 is 8.96 Å². The third-order valence-corrected chi connectivity index (χ3v) is 2.32. The van der Waals surface area contributed by atoms with Crippen molar-refractivity contribution in [2.75, 3.05) is 0 Å². The van der Waals surface area contributed by atoms with Gasteiger partial charge >= 0.3 is 0 Å². The molecule has 2 atom stereocenters. The highest BCUT2D eigenvalue weighted by Crippen LogP contribution is 2.19. The van der Waals surface area contributed by atoms with Crippen LogP contribution in [0.4, 0.5) is 0 Å². The van der Waals surface area contributed by atoms with Gasteiger partial charge in [-0.15, -0.1) is 6.58 Å². The van der Waals surface area contributed by atoms with Crippen molar-refractivity contribution in [3.63, 3.8) is 0 Å². The van der Waals surface area contributed by atoms with E-state index in [2.05, 4.69) is 11.7 Å². The lowest BCUT2D eigenvalue weighted by molar-refractivity contribution is 0.593. The molecule has 0 bridgehead atoms. The minimum atomic E-state index is -0.224. The van der Waals surface area contributed by atoms with Crippen molar-refractivity contribution in [3.8, 4) is 0 Å². The lowest BCUT2D eigenvalue weighted by Crippen LogP contribution is -2.11. The Morgan fingerprint density at radius 2 is 2.15 bits per heavy atom. The van der Waals surface area contributed by atoms with E-state index in [0.717, 1.165) is 6.42 Å². The van der Waals surface area contributed by atoms with Crippen molar-refractivity contribution < 1.29 is 4.89 Å². The van der Waals surface area contributed by atoms with Crippen LogP contribution in [-0.4, -0.2) is 4.89 Å². The predicted molar refractivity (Wildman–Crippen MR) is 57.7 cm³/mol. The molecule has 0 fully saturated rings. The smallest absolute Gasteiger partial charge is 0.0830 e. The Bertz CT molecular complexity index is 250. The molecule has 1 unspecified atom stereocenters. The first kappa shape index (κ1) is 10.4. The lowest BCUT2D eigenvalue weighted by atomic mass is 10.1. The summed E-state index contributed by atoms with van der Waals surface area (Å²) >= 11 is 0. The van der Waals surface area contributed by atoms with Gasteiger partial charge in [0, 0.05) is 6.04 Å². The molecule has 1 rings (SSSR count). The topological polar surface area (TPSA) is 32.3 Å². The maximum atomic E-state index is 8.81. The summed E-state index contributed by atoms with van der Waals surface area (Å²) in [6.07, 6.45) is 2.68. The van der Waals surface area contributed by atoms with E-state index in [4.69, 9.17) is 4.89 Å². The zero-order valence-electron chi connectivity index (χ0n) is 7.40. The van der Waals surface area contributed by atoms with E-state index in [1.807, 2.05) is 36.4 Å². The van der Waals surface area contributed by atoms with E-state index < -0.39 is 0 Å². The summed E-state index contributed by atoms with van der Waals surface area (Å²) in [7, 11) is -0.224. The van der Waals surface area contributed by atoms with Crippen molar-refractivity contribution in [3.05, 3.63) is 48.6 Å². The number of rotatable bonds is 5. The Labute approximate surface area is 80.6 Å². The molecule has 0 aromatic heterocycles. The molecule has 70 valence electrons. The predicted octanol–water partition coefficient (Wildman–Crippen LogP) is 2.39. The summed E-state index contributed by atoms with van der Waals surface area (Å²) in [6, 6.07) is 10.2. The number of hydrogen-bond donors (Lipinski definition) is 2. The molecule has 2 nitrogen and oxygen atoms in total. The summed E-state index contributed by atoms with van der Waals surface area (Å²) in [5.74, 6) is 0. The molecule has 1 aromatic carbocycles. The van der Waals surface area contributed by atoms with E-state index in [9.17, 15) is 0 Å². The third kappa shape index (κ3) is 3.27. The number of benzene rings is 1. The monoisotopic (exact) mass is 195 g/mol. The van der Waals surface area contributed by atoms with Crippen LogP contribution in [0.25, 0.3) is 0 Å². The second kappa shape index (κ2) is 5.87. The highest BCUT2D eigenvalue weighted by atomic mass is 31.1. The fourth-order valence-corrected chi connectivity index (χ4v) is 1.65. The fraction of sp³-hybridized carbons (Fsp3) is 0.200. The second-order valence-electron chi connectivity index (χ2n) is 2.74. The van der Waals surface area contributed by atoms with E-state index in [1.165, 1.54) is 5.56 Å². The van der Waals surface area contributed by atoms with Crippen molar-refractivity contribution in [2.45, 2.75) is 12.5 Å². The Kier molecular flexibility index (Phi) is 4.69. The molecule has 0 amide bonds. The second-order valence-corrected chi connectivity index (χ2v) is 3.26. The van der Waals surface area contributed by atoms with Gasteiger partial charge in [0.25, 0.3) is 0 Å². The molecule has 0 spiro atoms. The molecule has 0 saturated carbocycles. The molecule has 3 heteroatoms. The largest absolute Gasteiger partial charge is 0.361 e. The van der Waals surface area contributed by atoms with Gasteiger partial charge in [-0.2, -0.15) is 0 Å². The molecular formula is C10H14NOP. The fourth-order valence-electron chi connectivity index (χ4n) is 1.21.